The van der Waals surface area contributed by atoms with Gasteiger partial charge in [-0.15, -0.1) is 0 Å². The minimum absolute atomic E-state index is 0.140. The normalized spacial score (nSPS) is 21.3. The number of pyridine rings is 2. The number of aryl methyl sites for hydroxylation is 2. The van der Waals surface area contributed by atoms with Crippen LogP contribution in [-0.2, 0) is 30.2 Å². The van der Waals surface area contributed by atoms with Gasteiger partial charge in [0, 0.05) is 107 Å². The lowest BCUT2D eigenvalue weighted by Gasteiger charge is -2.42. The van der Waals surface area contributed by atoms with Crippen molar-refractivity contribution in [1.82, 2.24) is 48.6 Å². The van der Waals surface area contributed by atoms with Crippen molar-refractivity contribution in [3.05, 3.63) is 112 Å². The molecule has 4 aliphatic heterocycles. The summed E-state index contributed by atoms with van der Waals surface area (Å²) in [6, 6.07) is 22.7. The SMILES string of the molecule is C[C@H]1CN(Cc2ccc3c(c2)n(C)c(=O)n3C2CCC(=O)NC2=O)CCN1CC1CCN(C(=O)c2ccc(C3CCN([C@@H](C)c4cc5c(-c6ccc(N)cn6)ccnc5n4C)CC3)cc2)CC1. The molecule has 0 spiro atoms. The highest BCUT2D eigenvalue weighted by Crippen LogP contribution is 2.36. The smallest absolute Gasteiger partial charge is 0.329 e. The second-order valence-electron chi connectivity index (χ2n) is 19.6. The average Bonchev–Trinajstić information content (AvgIpc) is 3.81. The molecule has 3 N–H and O–H groups in total. The van der Waals surface area contributed by atoms with Crippen molar-refractivity contribution in [3.63, 3.8) is 0 Å². The number of nitrogens with two attached hydrogens (primary N) is 1. The molecule has 15 nitrogen and oxygen atoms in total. The van der Waals surface area contributed by atoms with Crippen LogP contribution in [0.5, 0.6) is 0 Å². The molecular weight excluding hydrogens is 843 g/mol. The van der Waals surface area contributed by atoms with Crippen LogP contribution in [0.2, 0.25) is 0 Å². The zero-order valence-electron chi connectivity index (χ0n) is 39.2. The van der Waals surface area contributed by atoms with Crippen molar-refractivity contribution in [1.29, 1.82) is 0 Å². The maximum absolute atomic E-state index is 13.7. The number of hydrogen-bond acceptors (Lipinski definition) is 10. The molecule has 0 radical (unpaired) electrons. The lowest BCUT2D eigenvalue weighted by atomic mass is 9.88. The summed E-state index contributed by atoms with van der Waals surface area (Å²) in [6.45, 7) is 12.9. The zero-order chi connectivity index (χ0) is 46.5. The van der Waals surface area contributed by atoms with Gasteiger partial charge in [-0.3, -0.25) is 48.5 Å². The van der Waals surface area contributed by atoms with Crippen molar-refractivity contribution < 1.29 is 14.4 Å². The summed E-state index contributed by atoms with van der Waals surface area (Å²) >= 11 is 0. The van der Waals surface area contributed by atoms with E-state index in [9.17, 15) is 19.2 Å². The van der Waals surface area contributed by atoms with Gasteiger partial charge in [-0.1, -0.05) is 18.2 Å². The van der Waals surface area contributed by atoms with Crippen LogP contribution in [-0.4, -0.2) is 119 Å². The number of carbonyl (C=O) groups excluding carboxylic acids is 3. The summed E-state index contributed by atoms with van der Waals surface area (Å²) in [5, 5.41) is 3.49. The van der Waals surface area contributed by atoms with E-state index in [0.29, 0.717) is 35.5 Å². The fourth-order valence-electron chi connectivity index (χ4n) is 11.4. The van der Waals surface area contributed by atoms with Gasteiger partial charge in [0.1, 0.15) is 11.7 Å². The summed E-state index contributed by atoms with van der Waals surface area (Å²) < 4.78 is 5.37. The van der Waals surface area contributed by atoms with E-state index in [4.69, 9.17) is 10.7 Å². The molecule has 0 aliphatic carbocycles. The lowest BCUT2D eigenvalue weighted by Crippen LogP contribution is -2.53. The molecule has 0 saturated carbocycles. The molecule has 1 unspecified atom stereocenters. The van der Waals surface area contributed by atoms with Crippen molar-refractivity contribution in [2.45, 2.75) is 83.0 Å². The number of aromatic nitrogens is 5. The minimum Gasteiger partial charge on any atom is -0.397 e. The molecule has 15 heteroatoms. The topological polar surface area (TPSA) is 160 Å². The third-order valence-corrected chi connectivity index (χ3v) is 15.5. The number of benzene rings is 2. The molecule has 2 aromatic carbocycles. The van der Waals surface area contributed by atoms with E-state index in [1.165, 1.54) is 15.8 Å². The Morgan fingerprint density at radius 1 is 0.836 bits per heavy atom. The third kappa shape index (κ3) is 8.80. The van der Waals surface area contributed by atoms with Gasteiger partial charge in [0.25, 0.3) is 5.91 Å². The van der Waals surface area contributed by atoms with Crippen LogP contribution in [0, 0.1) is 5.92 Å². The van der Waals surface area contributed by atoms with E-state index in [0.717, 1.165) is 124 Å². The van der Waals surface area contributed by atoms with Gasteiger partial charge < -0.3 is 15.2 Å². The van der Waals surface area contributed by atoms with Crippen molar-refractivity contribution in [2.24, 2.45) is 20.0 Å². The van der Waals surface area contributed by atoms with Crippen molar-refractivity contribution >= 4 is 45.5 Å². The maximum Gasteiger partial charge on any atom is 0.329 e. The first kappa shape index (κ1) is 44.7. The summed E-state index contributed by atoms with van der Waals surface area (Å²) in [5.41, 5.74) is 15.2. The largest absolute Gasteiger partial charge is 0.397 e. The number of imide groups is 1. The van der Waals surface area contributed by atoms with Crippen molar-refractivity contribution in [3.8, 4) is 11.3 Å². The number of nitrogen functional groups attached to an aromatic ring is 1. The Morgan fingerprint density at radius 2 is 1.61 bits per heavy atom. The average molecular weight is 906 g/mol. The van der Waals surface area contributed by atoms with E-state index in [1.807, 2.05) is 42.6 Å². The monoisotopic (exact) mass is 906 g/mol. The van der Waals surface area contributed by atoms with Crippen LogP contribution < -0.4 is 16.7 Å². The number of amides is 3. The van der Waals surface area contributed by atoms with Crippen LogP contribution in [0.15, 0.2) is 83.9 Å². The molecule has 350 valence electrons. The number of piperazine rings is 1. The van der Waals surface area contributed by atoms with Gasteiger partial charge in [0.05, 0.1) is 28.6 Å². The van der Waals surface area contributed by atoms with E-state index in [1.54, 1.807) is 17.8 Å². The molecule has 4 saturated heterocycles. The first-order chi connectivity index (χ1) is 32.4. The number of anilines is 1. The Hall–Kier alpha value is -6.16. The van der Waals surface area contributed by atoms with Crippen LogP contribution in [0.25, 0.3) is 33.3 Å². The van der Waals surface area contributed by atoms with Crippen molar-refractivity contribution in [2.75, 3.05) is 58.1 Å². The standard InChI is InChI=1S/C52H63N11O4/c1-33-30-59(31-36-5-12-44-47(27-36)58(4)52(67)63(44)45-13-14-48(64)56-50(45)65)25-26-62(33)32-35-16-21-61(22-17-35)51(66)39-8-6-37(7-9-39)38-18-23-60(24-19-38)34(2)46-28-42-41(15-20-54-49(42)57(46)3)43-11-10-40(53)29-55-43/h5-12,15,20,27-29,33-35,38,45H,13-14,16-19,21-26,30-32,53H2,1-4H3,(H,56,64,65)/t33-,34-,45?/m0/s1. The number of likely N-dealkylation sites (tertiary alicyclic amines) is 2. The van der Waals surface area contributed by atoms with E-state index >= 15 is 0 Å². The van der Waals surface area contributed by atoms with Crippen LogP contribution in [0.1, 0.15) is 97.6 Å². The number of rotatable bonds is 10. The zero-order valence-corrected chi connectivity index (χ0v) is 39.2. The Labute approximate surface area is 391 Å². The maximum atomic E-state index is 13.7. The number of piperidine rings is 3. The summed E-state index contributed by atoms with van der Waals surface area (Å²) in [6.07, 6.45) is 8.29. The number of imidazole rings is 1. The van der Waals surface area contributed by atoms with Gasteiger partial charge in [0.2, 0.25) is 11.8 Å². The molecule has 3 atom stereocenters. The molecule has 10 rings (SSSR count). The Bertz CT molecular complexity index is 2870. The quantitative estimate of drug-likeness (QED) is 0.160. The van der Waals surface area contributed by atoms with E-state index in [-0.39, 0.29) is 30.0 Å². The lowest BCUT2D eigenvalue weighted by molar-refractivity contribution is -0.135. The van der Waals surface area contributed by atoms with Gasteiger partial charge >= 0.3 is 5.69 Å². The minimum atomic E-state index is -0.687. The molecule has 0 bridgehead atoms. The molecule has 8 heterocycles. The predicted molar refractivity (Wildman–Crippen MR) is 260 cm³/mol. The number of carbonyl (C=O) groups is 3. The first-order valence-corrected chi connectivity index (χ1v) is 24.2. The Morgan fingerprint density at radius 3 is 2.33 bits per heavy atom. The van der Waals surface area contributed by atoms with Crippen LogP contribution in [0.3, 0.4) is 0 Å². The third-order valence-electron chi connectivity index (χ3n) is 15.5. The number of nitrogens with one attached hydrogen (secondary N) is 1. The van der Waals surface area contributed by atoms with Gasteiger partial charge in [-0.05, 0) is 131 Å². The van der Waals surface area contributed by atoms with Gasteiger partial charge in [0.15, 0.2) is 0 Å². The fourth-order valence-corrected chi connectivity index (χ4v) is 11.4. The van der Waals surface area contributed by atoms with E-state index < -0.39 is 11.9 Å². The second kappa shape index (κ2) is 18.5. The molecule has 67 heavy (non-hydrogen) atoms. The van der Waals surface area contributed by atoms with Gasteiger partial charge in [-0.25, -0.2) is 9.78 Å². The van der Waals surface area contributed by atoms with Crippen LogP contribution >= 0.6 is 0 Å². The molecule has 4 aliphatic rings. The molecule has 3 amide bonds. The predicted octanol–water partition coefficient (Wildman–Crippen LogP) is 5.85. The molecule has 4 aromatic heterocycles. The van der Waals surface area contributed by atoms with E-state index in [2.05, 4.69) is 85.7 Å². The summed E-state index contributed by atoms with van der Waals surface area (Å²) in [5.74, 6) is 0.459. The Kier molecular flexibility index (Phi) is 12.3. The fraction of sp³-hybridized carbons (Fsp3) is 0.462. The highest BCUT2D eigenvalue weighted by molar-refractivity contribution is 6.00. The Balaban J connectivity index is 0.680. The first-order valence-electron chi connectivity index (χ1n) is 24.2. The number of nitrogens with zero attached hydrogens (tertiary/aromatic N) is 9. The van der Waals surface area contributed by atoms with Crippen LogP contribution in [0.4, 0.5) is 5.69 Å². The molecule has 6 aromatic rings. The number of fused-ring (bicyclic) bond motifs is 2. The highest BCUT2D eigenvalue weighted by atomic mass is 16.2. The summed E-state index contributed by atoms with van der Waals surface area (Å²) in [4.78, 5) is 70.4. The molecular formula is C52H63N11O4. The summed E-state index contributed by atoms with van der Waals surface area (Å²) in [7, 11) is 3.85. The highest BCUT2D eigenvalue weighted by Gasteiger charge is 2.33. The number of hydrogen-bond donors (Lipinski definition) is 2. The molecule has 4 fully saturated rings. The van der Waals surface area contributed by atoms with Gasteiger partial charge in [-0.2, -0.15) is 0 Å². The second-order valence-corrected chi connectivity index (χ2v) is 19.6.